The van der Waals surface area contributed by atoms with E-state index in [0.717, 1.165) is 14.1 Å². The zero-order chi connectivity index (χ0) is 15.0. The predicted octanol–water partition coefficient (Wildman–Crippen LogP) is 3.34. The minimum absolute atomic E-state index is 0.103. The fourth-order valence-electron chi connectivity index (χ4n) is 2.32. The smallest absolute Gasteiger partial charge is 0.255 e. The second kappa shape index (κ2) is 5.76. The van der Waals surface area contributed by atoms with E-state index in [-0.39, 0.29) is 11.8 Å². The lowest BCUT2D eigenvalue weighted by Crippen LogP contribution is -2.43. The van der Waals surface area contributed by atoms with E-state index in [4.69, 9.17) is 0 Å². The summed E-state index contributed by atoms with van der Waals surface area (Å²) < 4.78 is 1.06. The van der Waals surface area contributed by atoms with Crippen molar-refractivity contribution < 1.29 is 9.59 Å². The lowest BCUT2D eigenvalue weighted by molar-refractivity contribution is -0.119. The molecule has 1 aromatic heterocycles. The van der Waals surface area contributed by atoms with E-state index in [1.165, 1.54) is 11.3 Å². The number of nitrogens with one attached hydrogen (secondary N) is 1. The summed E-state index contributed by atoms with van der Waals surface area (Å²) in [6.45, 7) is 2.19. The van der Waals surface area contributed by atoms with Gasteiger partial charge in [0.1, 0.15) is 6.04 Å². The van der Waals surface area contributed by atoms with Gasteiger partial charge in [-0.3, -0.25) is 9.59 Å². The van der Waals surface area contributed by atoms with E-state index in [9.17, 15) is 9.59 Å². The van der Waals surface area contributed by atoms with Crippen LogP contribution < -0.4 is 5.32 Å². The maximum Gasteiger partial charge on any atom is 0.255 e. The van der Waals surface area contributed by atoms with Gasteiger partial charge in [0.15, 0.2) is 0 Å². The molecule has 0 aliphatic carbocycles. The molecule has 21 heavy (non-hydrogen) atoms. The van der Waals surface area contributed by atoms with E-state index >= 15 is 0 Å². The van der Waals surface area contributed by atoms with Gasteiger partial charge in [-0.15, -0.1) is 11.3 Å². The highest BCUT2D eigenvalue weighted by molar-refractivity contribution is 14.1. The molecule has 1 aromatic carbocycles. The topological polar surface area (TPSA) is 49.4 Å². The number of benzene rings is 1. The third-order valence-corrected chi connectivity index (χ3v) is 5.33. The van der Waals surface area contributed by atoms with E-state index in [0.29, 0.717) is 12.1 Å². The fraction of sp³-hybridized carbons (Fsp3) is 0.200. The van der Waals surface area contributed by atoms with Crippen LogP contribution in [-0.4, -0.2) is 22.8 Å². The number of hydrogen-bond acceptors (Lipinski definition) is 3. The second-order valence-corrected chi connectivity index (χ2v) is 7.70. The molecular weight excluding hydrogens is 399 g/mol. The number of anilines is 1. The summed E-state index contributed by atoms with van der Waals surface area (Å²) >= 11 is 3.72. The molecule has 2 heterocycles. The van der Waals surface area contributed by atoms with Crippen LogP contribution in [0.3, 0.4) is 0 Å². The van der Waals surface area contributed by atoms with Crippen molar-refractivity contribution in [3.05, 3.63) is 49.7 Å². The van der Waals surface area contributed by atoms with Gasteiger partial charge in [-0.25, -0.2) is 0 Å². The number of hydrogen-bond donors (Lipinski definition) is 1. The number of carbonyl (C=O) groups is 2. The SMILES string of the molecule is CC1C(=O)Nc2ccccc2CN1C(=O)c1csc(I)c1. The molecular formula is C15H13IN2O2S. The molecule has 0 fully saturated rings. The van der Waals surface area contributed by atoms with Crippen molar-refractivity contribution in [3.8, 4) is 0 Å². The van der Waals surface area contributed by atoms with E-state index < -0.39 is 6.04 Å². The average Bonchev–Trinajstić information content (AvgIpc) is 2.86. The standard InChI is InChI=1S/C15H13IN2O2S/c1-9-14(19)17-12-5-3-2-4-10(12)7-18(9)15(20)11-6-13(16)21-8-11/h2-6,8-9H,7H2,1H3,(H,17,19). The van der Waals surface area contributed by atoms with Gasteiger partial charge < -0.3 is 10.2 Å². The van der Waals surface area contributed by atoms with Gasteiger partial charge in [-0.05, 0) is 47.2 Å². The average molecular weight is 412 g/mol. The number of carbonyl (C=O) groups excluding carboxylic acids is 2. The second-order valence-electron chi connectivity index (χ2n) is 4.89. The Morgan fingerprint density at radius 1 is 1.43 bits per heavy atom. The molecule has 2 aromatic rings. The lowest BCUT2D eigenvalue weighted by Gasteiger charge is -2.25. The Morgan fingerprint density at radius 3 is 2.90 bits per heavy atom. The Labute approximate surface area is 140 Å². The minimum Gasteiger partial charge on any atom is -0.324 e. The summed E-state index contributed by atoms with van der Waals surface area (Å²) in [6.07, 6.45) is 0. The van der Waals surface area contributed by atoms with Gasteiger partial charge in [0.2, 0.25) is 5.91 Å². The summed E-state index contributed by atoms with van der Waals surface area (Å²) in [4.78, 5) is 26.5. The van der Waals surface area contributed by atoms with Gasteiger partial charge in [0, 0.05) is 17.6 Å². The number of para-hydroxylation sites is 1. The Balaban J connectivity index is 1.97. The largest absolute Gasteiger partial charge is 0.324 e. The molecule has 1 aliphatic rings. The Bertz CT molecular complexity index is 713. The number of thiophene rings is 1. The van der Waals surface area contributed by atoms with Crippen LogP contribution in [0.15, 0.2) is 35.7 Å². The first-order chi connectivity index (χ1) is 10.1. The molecule has 4 nitrogen and oxygen atoms in total. The van der Waals surface area contributed by atoms with Crippen molar-refractivity contribution in [1.29, 1.82) is 0 Å². The first-order valence-corrected chi connectivity index (χ1v) is 8.46. The maximum atomic E-state index is 12.7. The normalized spacial score (nSPS) is 17.9. The molecule has 1 N–H and O–H groups in total. The lowest BCUT2D eigenvalue weighted by atomic mass is 10.1. The highest BCUT2D eigenvalue weighted by Gasteiger charge is 2.30. The van der Waals surface area contributed by atoms with Gasteiger partial charge in [-0.1, -0.05) is 18.2 Å². The van der Waals surface area contributed by atoms with E-state index in [1.807, 2.05) is 35.7 Å². The summed E-state index contributed by atoms with van der Waals surface area (Å²) in [6, 6.07) is 8.95. The van der Waals surface area contributed by atoms with Crippen molar-refractivity contribution in [2.24, 2.45) is 0 Å². The molecule has 3 rings (SSSR count). The molecule has 2 amide bonds. The Kier molecular flexibility index (Phi) is 3.99. The zero-order valence-electron chi connectivity index (χ0n) is 11.3. The molecule has 6 heteroatoms. The van der Waals surface area contributed by atoms with Gasteiger partial charge in [-0.2, -0.15) is 0 Å². The van der Waals surface area contributed by atoms with E-state index in [2.05, 4.69) is 27.9 Å². The van der Waals surface area contributed by atoms with Gasteiger partial charge in [0.05, 0.1) is 8.45 Å². The molecule has 0 spiro atoms. The van der Waals surface area contributed by atoms with Gasteiger partial charge in [0.25, 0.3) is 5.91 Å². The van der Waals surface area contributed by atoms with Crippen molar-refractivity contribution in [1.82, 2.24) is 4.90 Å². The van der Waals surface area contributed by atoms with Crippen molar-refractivity contribution in [2.75, 3.05) is 5.32 Å². The number of nitrogens with zero attached hydrogens (tertiary/aromatic N) is 1. The molecule has 0 bridgehead atoms. The number of fused-ring (bicyclic) bond motifs is 1. The molecule has 0 radical (unpaired) electrons. The number of amides is 2. The molecule has 0 saturated heterocycles. The van der Waals surface area contributed by atoms with Crippen LogP contribution >= 0.6 is 33.9 Å². The molecule has 1 unspecified atom stereocenters. The first-order valence-electron chi connectivity index (χ1n) is 6.50. The maximum absolute atomic E-state index is 12.7. The van der Waals surface area contributed by atoms with Crippen molar-refractivity contribution >= 4 is 51.4 Å². The first kappa shape index (κ1) is 14.5. The fourth-order valence-corrected chi connectivity index (χ4v) is 3.64. The number of halogens is 1. The predicted molar refractivity (Wildman–Crippen MR) is 91.4 cm³/mol. The highest BCUT2D eigenvalue weighted by atomic mass is 127. The monoisotopic (exact) mass is 412 g/mol. The summed E-state index contributed by atoms with van der Waals surface area (Å²) in [7, 11) is 0. The summed E-state index contributed by atoms with van der Waals surface area (Å²) in [5.74, 6) is -0.258. The molecule has 1 aliphatic heterocycles. The van der Waals surface area contributed by atoms with Crippen LogP contribution in [0.4, 0.5) is 5.69 Å². The van der Waals surface area contributed by atoms with Crippen LogP contribution in [-0.2, 0) is 11.3 Å². The van der Waals surface area contributed by atoms with Crippen LogP contribution in [0, 0.1) is 2.88 Å². The molecule has 0 saturated carbocycles. The van der Waals surface area contributed by atoms with Crippen molar-refractivity contribution in [3.63, 3.8) is 0 Å². The van der Waals surface area contributed by atoms with Crippen LogP contribution in [0.2, 0.25) is 0 Å². The Morgan fingerprint density at radius 2 is 2.19 bits per heavy atom. The third kappa shape index (κ3) is 2.82. The van der Waals surface area contributed by atoms with E-state index in [1.54, 1.807) is 11.8 Å². The van der Waals surface area contributed by atoms with Crippen LogP contribution in [0.25, 0.3) is 0 Å². The van der Waals surface area contributed by atoms with Crippen LogP contribution in [0.1, 0.15) is 22.8 Å². The summed E-state index contributed by atoms with van der Waals surface area (Å²) in [5, 5.41) is 4.72. The van der Waals surface area contributed by atoms with Crippen molar-refractivity contribution in [2.45, 2.75) is 19.5 Å². The summed E-state index contributed by atoms with van der Waals surface area (Å²) in [5.41, 5.74) is 2.38. The minimum atomic E-state index is -0.498. The molecule has 1 atom stereocenters. The van der Waals surface area contributed by atoms with Crippen LogP contribution in [0.5, 0.6) is 0 Å². The third-order valence-electron chi connectivity index (χ3n) is 3.54. The highest BCUT2D eigenvalue weighted by Crippen LogP contribution is 2.25. The Hall–Kier alpha value is -1.41. The zero-order valence-corrected chi connectivity index (χ0v) is 14.3. The molecule has 108 valence electrons. The number of rotatable bonds is 1. The quantitative estimate of drug-likeness (QED) is 0.731. The van der Waals surface area contributed by atoms with Gasteiger partial charge >= 0.3 is 0 Å².